The van der Waals surface area contributed by atoms with Gasteiger partial charge in [-0.05, 0) is 37.5 Å². The molecule has 2 heterocycles. The third-order valence-electron chi connectivity index (χ3n) is 4.22. The Morgan fingerprint density at radius 1 is 1.29 bits per heavy atom. The van der Waals surface area contributed by atoms with E-state index in [1.54, 1.807) is 7.11 Å². The minimum Gasteiger partial charge on any atom is -0.496 e. The maximum Gasteiger partial charge on any atom is 0.123 e. The molecule has 5 heteroatoms. The van der Waals surface area contributed by atoms with Crippen LogP contribution in [0.1, 0.15) is 25.8 Å². The molecular weight excluding hydrogens is 322 g/mol. The van der Waals surface area contributed by atoms with E-state index in [4.69, 9.17) is 21.3 Å². The zero-order chi connectivity index (χ0) is 17.3. The van der Waals surface area contributed by atoms with Crippen molar-refractivity contribution < 1.29 is 4.74 Å². The van der Waals surface area contributed by atoms with E-state index < -0.39 is 0 Å². The molecule has 126 valence electrons. The van der Waals surface area contributed by atoms with Crippen LogP contribution in [0.5, 0.6) is 5.75 Å². The number of pyridine rings is 1. The molecule has 1 aromatic carbocycles. The van der Waals surface area contributed by atoms with E-state index >= 15 is 0 Å². The standard InChI is InChI=1S/C19H22ClN3O/c1-12(2)7-8-23-11-14(10-21-23)17-9-16(20)15-5-6-18(24-4)13(3)19(15)22-17/h5-6,9-12H,7-8H2,1-4H3. The van der Waals surface area contributed by atoms with Crippen molar-refractivity contribution in [2.45, 2.75) is 33.7 Å². The molecular formula is C19H22ClN3O. The van der Waals surface area contributed by atoms with Gasteiger partial charge in [0.2, 0.25) is 0 Å². The van der Waals surface area contributed by atoms with E-state index in [2.05, 4.69) is 18.9 Å². The van der Waals surface area contributed by atoms with E-state index in [-0.39, 0.29) is 0 Å². The summed E-state index contributed by atoms with van der Waals surface area (Å²) in [7, 11) is 1.67. The van der Waals surface area contributed by atoms with Crippen LogP contribution in [0.25, 0.3) is 22.2 Å². The summed E-state index contributed by atoms with van der Waals surface area (Å²) >= 11 is 6.48. The second kappa shape index (κ2) is 6.81. The Kier molecular flexibility index (Phi) is 4.76. The lowest BCUT2D eigenvalue weighted by Crippen LogP contribution is -2.01. The molecule has 0 radical (unpaired) electrons. The number of hydrogen-bond donors (Lipinski definition) is 0. The van der Waals surface area contributed by atoms with Crippen molar-refractivity contribution in [2.24, 2.45) is 5.92 Å². The van der Waals surface area contributed by atoms with Crippen LogP contribution >= 0.6 is 11.6 Å². The first-order chi connectivity index (χ1) is 11.5. The summed E-state index contributed by atoms with van der Waals surface area (Å²) < 4.78 is 7.36. The number of hydrogen-bond acceptors (Lipinski definition) is 3. The molecule has 0 spiro atoms. The topological polar surface area (TPSA) is 39.9 Å². The first-order valence-corrected chi connectivity index (χ1v) is 8.54. The van der Waals surface area contributed by atoms with Crippen molar-refractivity contribution in [1.29, 1.82) is 0 Å². The number of nitrogens with zero attached hydrogens (tertiary/aromatic N) is 3. The first kappa shape index (κ1) is 16.8. The summed E-state index contributed by atoms with van der Waals surface area (Å²) in [5.41, 5.74) is 3.67. The van der Waals surface area contributed by atoms with Gasteiger partial charge in [0.15, 0.2) is 0 Å². The maximum atomic E-state index is 6.48. The lowest BCUT2D eigenvalue weighted by atomic mass is 10.1. The van der Waals surface area contributed by atoms with Crippen molar-refractivity contribution in [2.75, 3.05) is 7.11 Å². The van der Waals surface area contributed by atoms with E-state index in [1.165, 1.54) is 0 Å². The molecule has 0 N–H and O–H groups in total. The molecule has 3 rings (SSSR count). The van der Waals surface area contributed by atoms with Crippen LogP contribution in [0.2, 0.25) is 5.02 Å². The van der Waals surface area contributed by atoms with Crippen LogP contribution in [0.15, 0.2) is 30.6 Å². The first-order valence-electron chi connectivity index (χ1n) is 8.16. The predicted molar refractivity (Wildman–Crippen MR) is 98.7 cm³/mol. The minimum absolute atomic E-state index is 0.654. The van der Waals surface area contributed by atoms with Gasteiger partial charge in [0.1, 0.15) is 5.75 Å². The van der Waals surface area contributed by atoms with Crippen molar-refractivity contribution in [3.63, 3.8) is 0 Å². The lowest BCUT2D eigenvalue weighted by molar-refractivity contribution is 0.412. The van der Waals surface area contributed by atoms with Gasteiger partial charge in [-0.3, -0.25) is 4.68 Å². The van der Waals surface area contributed by atoms with Crippen molar-refractivity contribution >= 4 is 22.5 Å². The Balaban J connectivity index is 2.02. The fourth-order valence-electron chi connectivity index (χ4n) is 2.75. The van der Waals surface area contributed by atoms with Gasteiger partial charge in [0, 0.05) is 29.3 Å². The maximum absolute atomic E-state index is 6.48. The summed E-state index contributed by atoms with van der Waals surface area (Å²) in [6.45, 7) is 7.34. The highest BCUT2D eigenvalue weighted by atomic mass is 35.5. The summed E-state index contributed by atoms with van der Waals surface area (Å²) in [6.07, 6.45) is 4.98. The molecule has 0 unspecified atom stereocenters. The van der Waals surface area contributed by atoms with E-state index in [0.29, 0.717) is 10.9 Å². The van der Waals surface area contributed by atoms with Crippen LogP contribution in [-0.2, 0) is 6.54 Å². The SMILES string of the molecule is COc1ccc2c(Cl)cc(-c3cnn(CCC(C)C)c3)nc2c1C. The van der Waals surface area contributed by atoms with Gasteiger partial charge in [-0.2, -0.15) is 5.10 Å². The Bertz CT molecular complexity index is 870. The van der Waals surface area contributed by atoms with Gasteiger partial charge in [-0.25, -0.2) is 4.98 Å². The molecule has 0 aliphatic carbocycles. The van der Waals surface area contributed by atoms with Crippen LogP contribution in [0.4, 0.5) is 0 Å². The third-order valence-corrected chi connectivity index (χ3v) is 4.53. The highest BCUT2D eigenvalue weighted by Gasteiger charge is 2.12. The van der Waals surface area contributed by atoms with Crippen molar-refractivity contribution in [3.8, 4) is 17.0 Å². The summed E-state index contributed by atoms with van der Waals surface area (Å²) in [6, 6.07) is 5.78. The highest BCUT2D eigenvalue weighted by Crippen LogP contribution is 2.33. The van der Waals surface area contributed by atoms with E-state index in [1.807, 2.05) is 42.2 Å². The fraction of sp³-hybridized carbons (Fsp3) is 0.368. The summed E-state index contributed by atoms with van der Waals surface area (Å²) in [5, 5.41) is 6.07. The summed E-state index contributed by atoms with van der Waals surface area (Å²) in [4.78, 5) is 4.81. The van der Waals surface area contributed by atoms with E-state index in [0.717, 1.165) is 46.4 Å². The molecule has 0 aliphatic rings. The lowest BCUT2D eigenvalue weighted by Gasteiger charge is -2.10. The second-order valence-corrected chi connectivity index (χ2v) is 6.86. The minimum atomic E-state index is 0.654. The Hall–Kier alpha value is -2.07. The molecule has 0 fully saturated rings. The molecule has 4 nitrogen and oxygen atoms in total. The van der Waals surface area contributed by atoms with Gasteiger partial charge in [-0.15, -0.1) is 0 Å². The Morgan fingerprint density at radius 3 is 2.79 bits per heavy atom. The largest absolute Gasteiger partial charge is 0.496 e. The number of aromatic nitrogens is 3. The molecule has 24 heavy (non-hydrogen) atoms. The van der Waals surface area contributed by atoms with Crippen LogP contribution in [0.3, 0.4) is 0 Å². The van der Waals surface area contributed by atoms with Crippen LogP contribution in [-0.4, -0.2) is 21.9 Å². The third kappa shape index (κ3) is 3.24. The number of ether oxygens (including phenoxy) is 1. The fourth-order valence-corrected chi connectivity index (χ4v) is 3.00. The average molecular weight is 344 g/mol. The van der Waals surface area contributed by atoms with Crippen molar-refractivity contribution in [3.05, 3.63) is 41.2 Å². The number of halogens is 1. The smallest absolute Gasteiger partial charge is 0.123 e. The molecule has 0 saturated carbocycles. The van der Waals surface area contributed by atoms with Gasteiger partial charge < -0.3 is 4.74 Å². The number of aryl methyl sites for hydroxylation is 2. The molecule has 0 aliphatic heterocycles. The van der Waals surface area contributed by atoms with Gasteiger partial charge >= 0.3 is 0 Å². The Labute approximate surface area is 147 Å². The number of fused-ring (bicyclic) bond motifs is 1. The van der Waals surface area contributed by atoms with E-state index in [9.17, 15) is 0 Å². The molecule has 3 aromatic rings. The number of methoxy groups -OCH3 is 1. The normalized spacial score (nSPS) is 11.4. The number of benzene rings is 1. The van der Waals surface area contributed by atoms with Gasteiger partial charge in [0.25, 0.3) is 0 Å². The predicted octanol–water partition coefficient (Wildman–Crippen LogP) is 5.11. The molecule has 2 aromatic heterocycles. The Morgan fingerprint density at radius 2 is 2.08 bits per heavy atom. The summed E-state index contributed by atoms with van der Waals surface area (Å²) in [5.74, 6) is 1.47. The molecule has 0 saturated heterocycles. The van der Waals surface area contributed by atoms with Crippen molar-refractivity contribution in [1.82, 2.24) is 14.8 Å². The zero-order valence-corrected chi connectivity index (χ0v) is 15.3. The monoisotopic (exact) mass is 343 g/mol. The average Bonchev–Trinajstić information content (AvgIpc) is 3.03. The molecule has 0 amide bonds. The quantitative estimate of drug-likeness (QED) is 0.646. The second-order valence-electron chi connectivity index (χ2n) is 6.45. The molecule has 0 bridgehead atoms. The van der Waals surface area contributed by atoms with Crippen LogP contribution < -0.4 is 4.74 Å². The molecule has 0 atom stereocenters. The van der Waals surface area contributed by atoms with Gasteiger partial charge in [-0.1, -0.05) is 25.4 Å². The number of rotatable bonds is 5. The van der Waals surface area contributed by atoms with Gasteiger partial charge in [0.05, 0.1) is 29.5 Å². The van der Waals surface area contributed by atoms with Crippen LogP contribution in [0, 0.1) is 12.8 Å². The zero-order valence-electron chi connectivity index (χ0n) is 14.5. The highest BCUT2D eigenvalue weighted by molar-refractivity contribution is 6.35.